The van der Waals surface area contributed by atoms with Crippen molar-refractivity contribution in [3.05, 3.63) is 70.3 Å². The summed E-state index contributed by atoms with van der Waals surface area (Å²) >= 11 is 0. The quantitative estimate of drug-likeness (QED) is 0.870. The Morgan fingerprint density at radius 2 is 1.80 bits per heavy atom. The molecular formula is C17H19F2N. The number of aryl methyl sites for hydroxylation is 2. The van der Waals surface area contributed by atoms with Crippen molar-refractivity contribution in [1.82, 2.24) is 5.32 Å². The summed E-state index contributed by atoms with van der Waals surface area (Å²) in [5, 5.41) is 3.28. The molecule has 0 aliphatic rings. The van der Waals surface area contributed by atoms with Gasteiger partial charge in [0.15, 0.2) is 0 Å². The van der Waals surface area contributed by atoms with Gasteiger partial charge in [0.25, 0.3) is 0 Å². The predicted octanol–water partition coefficient (Wildman–Crippen LogP) is 4.43. The molecule has 3 heteroatoms. The lowest BCUT2D eigenvalue weighted by molar-refractivity contribution is 0.517. The van der Waals surface area contributed by atoms with E-state index in [1.807, 2.05) is 13.8 Å². The third kappa shape index (κ3) is 3.42. The van der Waals surface area contributed by atoms with Crippen LogP contribution in [0.15, 0.2) is 36.4 Å². The molecule has 1 N–H and O–H groups in total. The Morgan fingerprint density at radius 3 is 2.50 bits per heavy atom. The summed E-state index contributed by atoms with van der Waals surface area (Å²) in [5.41, 5.74) is 4.08. The highest BCUT2D eigenvalue weighted by Crippen LogP contribution is 2.19. The van der Waals surface area contributed by atoms with Crippen LogP contribution in [0.3, 0.4) is 0 Å². The van der Waals surface area contributed by atoms with Crippen molar-refractivity contribution < 1.29 is 8.78 Å². The van der Waals surface area contributed by atoms with Crippen molar-refractivity contribution in [1.29, 1.82) is 0 Å². The van der Waals surface area contributed by atoms with Crippen LogP contribution in [0.5, 0.6) is 0 Å². The second kappa shape index (κ2) is 6.14. The van der Waals surface area contributed by atoms with Crippen molar-refractivity contribution in [2.75, 3.05) is 0 Å². The van der Waals surface area contributed by atoms with Gasteiger partial charge in [-0.15, -0.1) is 0 Å². The van der Waals surface area contributed by atoms with Gasteiger partial charge in [0, 0.05) is 24.2 Å². The number of nitrogens with one attached hydrogen (secondary N) is 1. The lowest BCUT2D eigenvalue weighted by atomic mass is 10.0. The van der Waals surface area contributed by atoms with Crippen molar-refractivity contribution in [3.8, 4) is 0 Å². The second-order valence-corrected chi connectivity index (χ2v) is 5.20. The summed E-state index contributed by atoms with van der Waals surface area (Å²) in [7, 11) is 0. The number of benzene rings is 2. The average Bonchev–Trinajstić information content (AvgIpc) is 2.39. The fourth-order valence-electron chi connectivity index (χ4n) is 2.22. The molecule has 106 valence electrons. The van der Waals surface area contributed by atoms with E-state index >= 15 is 0 Å². The largest absolute Gasteiger partial charge is 0.306 e. The van der Waals surface area contributed by atoms with E-state index in [0.29, 0.717) is 12.1 Å². The summed E-state index contributed by atoms with van der Waals surface area (Å²) in [4.78, 5) is 0. The van der Waals surface area contributed by atoms with Gasteiger partial charge in [-0.2, -0.15) is 0 Å². The zero-order valence-corrected chi connectivity index (χ0v) is 12.0. The van der Waals surface area contributed by atoms with Gasteiger partial charge >= 0.3 is 0 Å². The SMILES string of the molecule is Cc1ccc(C)c(CNC(C)c2ccc(F)cc2F)c1. The number of hydrogen-bond donors (Lipinski definition) is 1. The highest BCUT2D eigenvalue weighted by molar-refractivity contribution is 5.30. The van der Waals surface area contributed by atoms with Crippen LogP contribution in [0, 0.1) is 25.5 Å². The minimum Gasteiger partial charge on any atom is -0.306 e. The van der Waals surface area contributed by atoms with E-state index in [1.54, 1.807) is 0 Å². The fraction of sp³-hybridized carbons (Fsp3) is 0.294. The first-order valence-corrected chi connectivity index (χ1v) is 6.72. The van der Waals surface area contributed by atoms with Gasteiger partial charge in [-0.1, -0.05) is 29.8 Å². The standard InChI is InChI=1S/C17H19F2N/c1-11-4-5-12(2)14(8-11)10-20-13(3)16-7-6-15(18)9-17(16)19/h4-9,13,20H,10H2,1-3H3. The van der Waals surface area contributed by atoms with E-state index in [1.165, 1.54) is 28.8 Å². The molecule has 0 bridgehead atoms. The average molecular weight is 275 g/mol. The molecule has 0 saturated heterocycles. The second-order valence-electron chi connectivity index (χ2n) is 5.20. The van der Waals surface area contributed by atoms with E-state index in [2.05, 4.69) is 30.4 Å². The summed E-state index contributed by atoms with van der Waals surface area (Å²) in [6.45, 7) is 6.64. The fourth-order valence-corrected chi connectivity index (χ4v) is 2.22. The Labute approximate surface area is 118 Å². The molecule has 2 aromatic rings. The zero-order valence-electron chi connectivity index (χ0n) is 12.0. The number of rotatable bonds is 4. The Balaban J connectivity index is 2.08. The lowest BCUT2D eigenvalue weighted by Gasteiger charge is -2.16. The van der Waals surface area contributed by atoms with Crippen molar-refractivity contribution in [3.63, 3.8) is 0 Å². The first kappa shape index (κ1) is 14.7. The zero-order chi connectivity index (χ0) is 14.7. The molecule has 1 unspecified atom stereocenters. The maximum Gasteiger partial charge on any atom is 0.130 e. The van der Waals surface area contributed by atoms with Crippen LogP contribution < -0.4 is 5.32 Å². The van der Waals surface area contributed by atoms with E-state index in [-0.39, 0.29) is 6.04 Å². The molecule has 2 aromatic carbocycles. The van der Waals surface area contributed by atoms with E-state index in [0.717, 1.165) is 6.07 Å². The van der Waals surface area contributed by atoms with E-state index in [9.17, 15) is 8.78 Å². The van der Waals surface area contributed by atoms with Crippen LogP contribution in [0.4, 0.5) is 8.78 Å². The van der Waals surface area contributed by atoms with Crippen LogP contribution in [-0.2, 0) is 6.54 Å². The minimum atomic E-state index is -0.548. The monoisotopic (exact) mass is 275 g/mol. The van der Waals surface area contributed by atoms with Crippen LogP contribution >= 0.6 is 0 Å². The molecule has 0 aromatic heterocycles. The molecule has 20 heavy (non-hydrogen) atoms. The van der Waals surface area contributed by atoms with Gasteiger partial charge in [-0.3, -0.25) is 0 Å². The first-order chi connectivity index (χ1) is 9.47. The summed E-state index contributed by atoms with van der Waals surface area (Å²) in [5.74, 6) is -1.06. The highest BCUT2D eigenvalue weighted by atomic mass is 19.1. The Kier molecular flexibility index (Phi) is 4.50. The Hall–Kier alpha value is -1.74. The van der Waals surface area contributed by atoms with Crippen LogP contribution in [0.1, 0.15) is 35.2 Å². The molecular weight excluding hydrogens is 256 g/mol. The molecule has 0 fully saturated rings. The van der Waals surface area contributed by atoms with Gasteiger partial charge in [0.1, 0.15) is 11.6 Å². The van der Waals surface area contributed by atoms with Crippen molar-refractivity contribution in [2.24, 2.45) is 0 Å². The van der Waals surface area contributed by atoms with Gasteiger partial charge in [-0.25, -0.2) is 8.78 Å². The van der Waals surface area contributed by atoms with E-state index < -0.39 is 11.6 Å². The van der Waals surface area contributed by atoms with Crippen LogP contribution in [0.25, 0.3) is 0 Å². The summed E-state index contributed by atoms with van der Waals surface area (Å²) < 4.78 is 26.6. The maximum absolute atomic E-state index is 13.7. The van der Waals surface area contributed by atoms with Crippen LogP contribution in [0.2, 0.25) is 0 Å². The molecule has 1 nitrogen and oxygen atoms in total. The number of hydrogen-bond acceptors (Lipinski definition) is 1. The van der Waals surface area contributed by atoms with Gasteiger partial charge in [0.05, 0.1) is 0 Å². The molecule has 0 aliphatic carbocycles. The predicted molar refractivity (Wildman–Crippen MR) is 77.5 cm³/mol. The molecule has 0 spiro atoms. The van der Waals surface area contributed by atoms with Gasteiger partial charge in [-0.05, 0) is 38.0 Å². The normalized spacial score (nSPS) is 12.4. The van der Waals surface area contributed by atoms with Gasteiger partial charge in [0.2, 0.25) is 0 Å². The molecule has 0 amide bonds. The smallest absolute Gasteiger partial charge is 0.130 e. The third-order valence-electron chi connectivity index (χ3n) is 3.53. The molecule has 2 rings (SSSR count). The molecule has 0 radical (unpaired) electrons. The highest BCUT2D eigenvalue weighted by Gasteiger charge is 2.11. The Bertz CT molecular complexity index is 608. The minimum absolute atomic E-state index is 0.171. The van der Waals surface area contributed by atoms with E-state index in [4.69, 9.17) is 0 Å². The summed E-state index contributed by atoms with van der Waals surface area (Å²) in [6.07, 6.45) is 0. The molecule has 0 heterocycles. The topological polar surface area (TPSA) is 12.0 Å². The van der Waals surface area contributed by atoms with Crippen molar-refractivity contribution in [2.45, 2.75) is 33.4 Å². The third-order valence-corrected chi connectivity index (χ3v) is 3.53. The first-order valence-electron chi connectivity index (χ1n) is 6.72. The Morgan fingerprint density at radius 1 is 1.05 bits per heavy atom. The number of halogens is 2. The van der Waals surface area contributed by atoms with Crippen molar-refractivity contribution >= 4 is 0 Å². The molecule has 0 saturated carbocycles. The lowest BCUT2D eigenvalue weighted by Crippen LogP contribution is -2.19. The molecule has 1 atom stereocenters. The van der Waals surface area contributed by atoms with Gasteiger partial charge < -0.3 is 5.32 Å². The molecule has 0 aliphatic heterocycles. The summed E-state index contributed by atoms with van der Waals surface area (Å²) in [6, 6.07) is 9.80. The maximum atomic E-state index is 13.7. The van der Waals surface area contributed by atoms with Crippen LogP contribution in [-0.4, -0.2) is 0 Å².